The number of benzene rings is 2. The van der Waals surface area contributed by atoms with Gasteiger partial charge in [-0.3, -0.25) is 9.59 Å². The molecule has 0 unspecified atom stereocenters. The summed E-state index contributed by atoms with van der Waals surface area (Å²) in [5.41, 5.74) is 2.21. The first kappa shape index (κ1) is 23.3. The monoisotopic (exact) mass is 412 g/mol. The molecule has 0 fully saturated rings. The summed E-state index contributed by atoms with van der Waals surface area (Å²) in [5.74, 6) is 0.187. The zero-order chi connectivity index (χ0) is 22.9. The number of rotatable bonds is 4. The third-order valence-electron chi connectivity index (χ3n) is 4.76. The molecule has 0 radical (unpaired) electrons. The Hall–Kier alpha value is -3.02. The van der Waals surface area contributed by atoms with E-state index in [4.69, 9.17) is 4.74 Å². The molecular formula is C24H32N2O4. The number of anilines is 2. The molecule has 30 heavy (non-hydrogen) atoms. The van der Waals surface area contributed by atoms with Gasteiger partial charge in [-0.25, -0.2) is 0 Å². The van der Waals surface area contributed by atoms with Crippen molar-refractivity contribution in [1.29, 1.82) is 0 Å². The van der Waals surface area contributed by atoms with Gasteiger partial charge < -0.3 is 20.5 Å². The minimum atomic E-state index is -0.334. The van der Waals surface area contributed by atoms with Crippen LogP contribution in [0.1, 0.15) is 70.0 Å². The molecule has 2 rings (SSSR count). The zero-order valence-corrected chi connectivity index (χ0v) is 19.1. The molecule has 0 saturated heterocycles. The zero-order valence-electron chi connectivity index (χ0n) is 19.1. The van der Waals surface area contributed by atoms with Crippen molar-refractivity contribution in [3.05, 3.63) is 47.0 Å². The van der Waals surface area contributed by atoms with E-state index >= 15 is 0 Å². The Kier molecular flexibility index (Phi) is 6.50. The molecular weight excluding hydrogens is 380 g/mol. The van der Waals surface area contributed by atoms with Crippen LogP contribution < -0.4 is 15.4 Å². The number of carbonyl (C=O) groups is 2. The van der Waals surface area contributed by atoms with Gasteiger partial charge in [0.25, 0.3) is 5.91 Å². The Balaban J connectivity index is 2.48. The molecule has 0 atom stereocenters. The van der Waals surface area contributed by atoms with E-state index in [1.165, 1.54) is 14.0 Å². The van der Waals surface area contributed by atoms with Crippen molar-refractivity contribution in [3.8, 4) is 11.5 Å². The molecule has 0 spiro atoms. The highest BCUT2D eigenvalue weighted by atomic mass is 16.5. The average Bonchev–Trinajstić information content (AvgIpc) is 2.59. The Labute approximate surface area is 178 Å². The van der Waals surface area contributed by atoms with E-state index < -0.39 is 0 Å². The van der Waals surface area contributed by atoms with Crippen LogP contribution in [-0.2, 0) is 15.6 Å². The summed E-state index contributed by atoms with van der Waals surface area (Å²) in [6.07, 6.45) is 0. The van der Waals surface area contributed by atoms with Crippen molar-refractivity contribution in [2.75, 3.05) is 17.7 Å². The van der Waals surface area contributed by atoms with E-state index in [1.807, 2.05) is 41.5 Å². The van der Waals surface area contributed by atoms with E-state index in [2.05, 4.69) is 10.6 Å². The fourth-order valence-corrected chi connectivity index (χ4v) is 3.19. The molecule has 3 N–H and O–H groups in total. The molecule has 0 aliphatic heterocycles. The van der Waals surface area contributed by atoms with Crippen LogP contribution >= 0.6 is 0 Å². The second-order valence-corrected chi connectivity index (χ2v) is 9.47. The van der Waals surface area contributed by atoms with E-state index in [9.17, 15) is 14.7 Å². The Morgan fingerprint density at radius 2 is 1.43 bits per heavy atom. The fraction of sp³-hybridized carbons (Fsp3) is 0.417. The van der Waals surface area contributed by atoms with E-state index in [-0.39, 0.29) is 28.4 Å². The highest BCUT2D eigenvalue weighted by Gasteiger charge is 2.27. The molecule has 0 heterocycles. The molecule has 2 amide bonds. The molecule has 0 aliphatic carbocycles. The third-order valence-corrected chi connectivity index (χ3v) is 4.76. The van der Waals surface area contributed by atoms with Crippen molar-refractivity contribution < 1.29 is 19.4 Å². The normalized spacial score (nSPS) is 11.7. The van der Waals surface area contributed by atoms with Gasteiger partial charge in [-0.1, -0.05) is 41.5 Å². The number of nitrogens with one attached hydrogen (secondary N) is 2. The van der Waals surface area contributed by atoms with Gasteiger partial charge in [-0.05, 0) is 41.2 Å². The number of carbonyl (C=O) groups excluding carboxylic acids is 2. The number of methoxy groups -OCH3 is 1. The molecule has 2 aromatic rings. The largest absolute Gasteiger partial charge is 0.507 e. The summed E-state index contributed by atoms with van der Waals surface area (Å²) in [4.78, 5) is 24.5. The Morgan fingerprint density at radius 1 is 0.900 bits per heavy atom. The van der Waals surface area contributed by atoms with Crippen LogP contribution in [0.15, 0.2) is 30.3 Å². The molecule has 6 heteroatoms. The third kappa shape index (κ3) is 5.32. The molecule has 0 saturated carbocycles. The Bertz CT molecular complexity index is 931. The number of hydrogen-bond donors (Lipinski definition) is 3. The maximum atomic E-state index is 13.1. The van der Waals surface area contributed by atoms with Gasteiger partial charge in [-0.15, -0.1) is 0 Å². The lowest BCUT2D eigenvalue weighted by Crippen LogP contribution is -2.20. The van der Waals surface area contributed by atoms with E-state index in [1.54, 1.807) is 30.3 Å². The first-order chi connectivity index (χ1) is 13.7. The molecule has 2 aromatic carbocycles. The van der Waals surface area contributed by atoms with Gasteiger partial charge >= 0.3 is 0 Å². The van der Waals surface area contributed by atoms with Crippen LogP contribution in [0, 0.1) is 0 Å². The topological polar surface area (TPSA) is 87.7 Å². The predicted octanol–water partition coefficient (Wildman–Crippen LogP) is 5.21. The summed E-state index contributed by atoms with van der Waals surface area (Å²) in [6.45, 7) is 13.4. The van der Waals surface area contributed by atoms with Crippen molar-refractivity contribution >= 4 is 23.2 Å². The summed E-state index contributed by atoms with van der Waals surface area (Å²) in [6, 6.07) is 8.50. The number of aromatic hydroxyl groups is 1. The molecule has 0 aromatic heterocycles. The summed E-state index contributed by atoms with van der Waals surface area (Å²) >= 11 is 0. The minimum Gasteiger partial charge on any atom is -0.507 e. The van der Waals surface area contributed by atoms with Gasteiger partial charge in [0, 0.05) is 29.3 Å². The molecule has 6 nitrogen and oxygen atoms in total. The molecule has 0 bridgehead atoms. The standard InChI is InChI=1S/C24H32N2O4/c1-14(27)25-19-13-16(9-10-20(19)30-8)26-22(29)15-11-17(23(2,3)4)21(28)18(12-15)24(5,6)7/h9-13,28H,1-8H3,(H,25,27)(H,26,29). The van der Waals surface area contributed by atoms with Crippen LogP contribution in [-0.4, -0.2) is 24.0 Å². The quantitative estimate of drug-likeness (QED) is 0.643. The van der Waals surface area contributed by atoms with Crippen LogP contribution in [0.5, 0.6) is 11.5 Å². The van der Waals surface area contributed by atoms with Gasteiger partial charge in [0.05, 0.1) is 12.8 Å². The second-order valence-electron chi connectivity index (χ2n) is 9.47. The summed E-state index contributed by atoms with van der Waals surface area (Å²) in [5, 5.41) is 16.4. The number of amides is 2. The van der Waals surface area contributed by atoms with Crippen molar-refractivity contribution in [1.82, 2.24) is 0 Å². The van der Waals surface area contributed by atoms with Crippen LogP contribution in [0.2, 0.25) is 0 Å². The fourth-order valence-electron chi connectivity index (χ4n) is 3.19. The van der Waals surface area contributed by atoms with Crippen LogP contribution in [0.4, 0.5) is 11.4 Å². The SMILES string of the molecule is COc1ccc(NC(=O)c2cc(C(C)(C)C)c(O)c(C(C)(C)C)c2)cc1NC(C)=O. The summed E-state index contributed by atoms with van der Waals surface area (Å²) < 4.78 is 5.26. The van der Waals surface area contributed by atoms with Crippen molar-refractivity contribution in [2.24, 2.45) is 0 Å². The molecule has 162 valence electrons. The maximum absolute atomic E-state index is 13.1. The van der Waals surface area contributed by atoms with Gasteiger partial charge in [-0.2, -0.15) is 0 Å². The van der Waals surface area contributed by atoms with Crippen LogP contribution in [0.3, 0.4) is 0 Å². The number of phenols is 1. The minimum absolute atomic E-state index is 0.226. The smallest absolute Gasteiger partial charge is 0.255 e. The summed E-state index contributed by atoms with van der Waals surface area (Å²) in [7, 11) is 1.51. The first-order valence-electron chi connectivity index (χ1n) is 9.89. The number of hydrogen-bond acceptors (Lipinski definition) is 4. The van der Waals surface area contributed by atoms with Gasteiger partial charge in [0.1, 0.15) is 11.5 Å². The van der Waals surface area contributed by atoms with Gasteiger partial charge in [0.15, 0.2) is 0 Å². The van der Waals surface area contributed by atoms with E-state index in [0.717, 1.165) is 0 Å². The second kappa shape index (κ2) is 8.38. The van der Waals surface area contributed by atoms with E-state index in [0.29, 0.717) is 33.8 Å². The molecule has 0 aliphatic rings. The highest BCUT2D eigenvalue weighted by molar-refractivity contribution is 6.05. The maximum Gasteiger partial charge on any atom is 0.255 e. The Morgan fingerprint density at radius 3 is 1.87 bits per heavy atom. The van der Waals surface area contributed by atoms with Crippen molar-refractivity contribution in [2.45, 2.75) is 59.3 Å². The van der Waals surface area contributed by atoms with Gasteiger partial charge in [0.2, 0.25) is 5.91 Å². The highest BCUT2D eigenvalue weighted by Crippen LogP contribution is 2.40. The van der Waals surface area contributed by atoms with Crippen LogP contribution in [0.25, 0.3) is 0 Å². The predicted molar refractivity (Wildman–Crippen MR) is 121 cm³/mol. The lowest BCUT2D eigenvalue weighted by molar-refractivity contribution is -0.114. The van der Waals surface area contributed by atoms with Crippen molar-refractivity contribution in [3.63, 3.8) is 0 Å². The lowest BCUT2D eigenvalue weighted by Gasteiger charge is -2.28. The lowest BCUT2D eigenvalue weighted by atomic mass is 9.78. The number of phenolic OH excluding ortho intramolecular Hbond substituents is 1. The first-order valence-corrected chi connectivity index (χ1v) is 9.89. The average molecular weight is 413 g/mol. The number of ether oxygens (including phenoxy) is 1.